The molecule has 0 unspecified atom stereocenters. The Labute approximate surface area is 116 Å². The second-order valence-corrected chi connectivity index (χ2v) is 4.72. The molecule has 1 aliphatic heterocycles. The first-order valence-corrected chi connectivity index (χ1v) is 6.43. The SMILES string of the molecule is CN(C)C(=O)Nc1cnn(CC(=O)N2CCNCC2)n1. The predicted molar refractivity (Wildman–Crippen MR) is 72.2 cm³/mol. The highest BCUT2D eigenvalue weighted by atomic mass is 16.2. The number of aromatic nitrogens is 3. The van der Waals surface area contributed by atoms with Crippen molar-refractivity contribution in [2.24, 2.45) is 0 Å². The Morgan fingerprint density at radius 1 is 1.40 bits per heavy atom. The van der Waals surface area contributed by atoms with Gasteiger partial charge in [-0.3, -0.25) is 10.1 Å². The van der Waals surface area contributed by atoms with Gasteiger partial charge in [-0.25, -0.2) is 4.79 Å². The number of hydrogen-bond donors (Lipinski definition) is 2. The molecule has 1 fully saturated rings. The Morgan fingerprint density at radius 2 is 2.10 bits per heavy atom. The Hall–Kier alpha value is -2.16. The van der Waals surface area contributed by atoms with E-state index in [1.165, 1.54) is 15.9 Å². The van der Waals surface area contributed by atoms with Gasteiger partial charge in [0.05, 0.1) is 6.20 Å². The van der Waals surface area contributed by atoms with Gasteiger partial charge in [-0.05, 0) is 0 Å². The molecule has 9 nitrogen and oxygen atoms in total. The molecule has 3 amide bonds. The number of anilines is 1. The minimum absolute atomic E-state index is 0.0208. The summed E-state index contributed by atoms with van der Waals surface area (Å²) in [6.45, 7) is 3.09. The molecule has 110 valence electrons. The molecule has 0 saturated carbocycles. The van der Waals surface area contributed by atoms with Crippen LogP contribution in [0.1, 0.15) is 0 Å². The van der Waals surface area contributed by atoms with E-state index in [0.717, 1.165) is 13.1 Å². The standard InChI is InChI=1S/C11H19N7O2/c1-16(2)11(20)14-9-7-13-18(15-9)8-10(19)17-5-3-12-4-6-17/h7,12H,3-6,8H2,1-2H3,(H,14,15,20). The van der Waals surface area contributed by atoms with E-state index in [1.807, 2.05) is 0 Å². The number of nitrogens with zero attached hydrogens (tertiary/aromatic N) is 5. The highest BCUT2D eigenvalue weighted by Gasteiger charge is 2.17. The summed E-state index contributed by atoms with van der Waals surface area (Å²) in [5, 5.41) is 13.8. The highest BCUT2D eigenvalue weighted by Crippen LogP contribution is 2.01. The molecule has 0 spiro atoms. The van der Waals surface area contributed by atoms with E-state index in [0.29, 0.717) is 18.9 Å². The monoisotopic (exact) mass is 281 g/mol. The van der Waals surface area contributed by atoms with Crippen LogP contribution in [0.25, 0.3) is 0 Å². The van der Waals surface area contributed by atoms with Gasteiger partial charge in [0.2, 0.25) is 5.91 Å². The lowest BCUT2D eigenvalue weighted by Gasteiger charge is -2.27. The zero-order valence-electron chi connectivity index (χ0n) is 11.7. The Morgan fingerprint density at radius 3 is 2.75 bits per heavy atom. The van der Waals surface area contributed by atoms with E-state index < -0.39 is 0 Å². The number of carbonyl (C=O) groups is 2. The second kappa shape index (κ2) is 6.33. The predicted octanol–water partition coefficient (Wildman–Crippen LogP) is -1.20. The van der Waals surface area contributed by atoms with Crippen molar-refractivity contribution in [2.75, 3.05) is 45.6 Å². The molecule has 20 heavy (non-hydrogen) atoms. The van der Waals surface area contributed by atoms with Gasteiger partial charge in [0.1, 0.15) is 6.54 Å². The lowest BCUT2D eigenvalue weighted by molar-refractivity contribution is -0.132. The van der Waals surface area contributed by atoms with Crippen molar-refractivity contribution in [1.29, 1.82) is 0 Å². The summed E-state index contributed by atoms with van der Waals surface area (Å²) in [6, 6.07) is -0.287. The number of amides is 3. The number of rotatable bonds is 3. The van der Waals surface area contributed by atoms with Crippen molar-refractivity contribution in [3.05, 3.63) is 6.20 Å². The fraction of sp³-hybridized carbons (Fsp3) is 0.636. The molecule has 0 atom stereocenters. The Bertz CT molecular complexity index is 479. The lowest BCUT2D eigenvalue weighted by Crippen LogP contribution is -2.47. The molecule has 1 aromatic rings. The molecule has 0 aliphatic carbocycles. The van der Waals surface area contributed by atoms with E-state index in [9.17, 15) is 9.59 Å². The Balaban J connectivity index is 1.88. The van der Waals surface area contributed by atoms with Gasteiger partial charge in [0.25, 0.3) is 0 Å². The summed E-state index contributed by atoms with van der Waals surface area (Å²) in [5.74, 6) is 0.310. The van der Waals surface area contributed by atoms with Crippen LogP contribution in [0.4, 0.5) is 10.6 Å². The number of hydrogen-bond acceptors (Lipinski definition) is 5. The molecule has 0 bridgehead atoms. The summed E-state index contributed by atoms with van der Waals surface area (Å²) < 4.78 is 0. The number of nitrogens with one attached hydrogen (secondary N) is 2. The molecule has 2 rings (SSSR count). The number of carbonyl (C=O) groups excluding carboxylic acids is 2. The van der Waals surface area contributed by atoms with E-state index in [1.54, 1.807) is 19.0 Å². The lowest BCUT2D eigenvalue weighted by atomic mass is 10.3. The van der Waals surface area contributed by atoms with Crippen molar-refractivity contribution in [2.45, 2.75) is 6.54 Å². The van der Waals surface area contributed by atoms with E-state index in [2.05, 4.69) is 20.8 Å². The van der Waals surface area contributed by atoms with Crippen LogP contribution in [0.15, 0.2) is 6.20 Å². The topological polar surface area (TPSA) is 95.4 Å². The van der Waals surface area contributed by atoms with Crippen molar-refractivity contribution < 1.29 is 9.59 Å². The molecule has 1 aliphatic rings. The summed E-state index contributed by atoms with van der Waals surface area (Å²) >= 11 is 0. The normalized spacial score (nSPS) is 15.0. The number of piperazine rings is 1. The minimum atomic E-state index is -0.287. The maximum Gasteiger partial charge on any atom is 0.322 e. The van der Waals surface area contributed by atoms with Crippen molar-refractivity contribution in [3.63, 3.8) is 0 Å². The zero-order valence-corrected chi connectivity index (χ0v) is 11.7. The molecule has 2 heterocycles. The molecular weight excluding hydrogens is 262 g/mol. The van der Waals surface area contributed by atoms with Crippen LogP contribution >= 0.6 is 0 Å². The fourth-order valence-electron chi connectivity index (χ4n) is 1.79. The van der Waals surface area contributed by atoms with Crippen molar-refractivity contribution in [1.82, 2.24) is 30.1 Å². The Kier molecular flexibility index (Phi) is 4.51. The summed E-state index contributed by atoms with van der Waals surface area (Å²) in [5.41, 5.74) is 0. The molecule has 1 saturated heterocycles. The maximum absolute atomic E-state index is 12.0. The van der Waals surface area contributed by atoms with Crippen LogP contribution in [0, 0.1) is 0 Å². The van der Waals surface area contributed by atoms with Gasteiger partial charge in [-0.1, -0.05) is 0 Å². The van der Waals surface area contributed by atoms with E-state index in [-0.39, 0.29) is 18.5 Å². The summed E-state index contributed by atoms with van der Waals surface area (Å²) in [6.07, 6.45) is 1.42. The first-order valence-electron chi connectivity index (χ1n) is 6.43. The average Bonchev–Trinajstić information content (AvgIpc) is 2.86. The minimum Gasteiger partial charge on any atom is -0.338 e. The van der Waals surface area contributed by atoms with Gasteiger partial charge in [0.15, 0.2) is 5.82 Å². The van der Waals surface area contributed by atoms with Crippen LogP contribution in [-0.4, -0.2) is 77.0 Å². The van der Waals surface area contributed by atoms with Crippen LogP contribution in [0.5, 0.6) is 0 Å². The third-order valence-electron chi connectivity index (χ3n) is 2.92. The van der Waals surface area contributed by atoms with Crippen LogP contribution < -0.4 is 10.6 Å². The molecular formula is C11H19N7O2. The largest absolute Gasteiger partial charge is 0.338 e. The molecule has 2 N–H and O–H groups in total. The van der Waals surface area contributed by atoms with Crippen molar-refractivity contribution >= 4 is 17.8 Å². The third-order valence-corrected chi connectivity index (χ3v) is 2.92. The molecule has 1 aromatic heterocycles. The van der Waals surface area contributed by atoms with Gasteiger partial charge in [-0.2, -0.15) is 9.90 Å². The van der Waals surface area contributed by atoms with Crippen LogP contribution in [0.3, 0.4) is 0 Å². The third kappa shape index (κ3) is 3.67. The smallest absolute Gasteiger partial charge is 0.322 e. The molecule has 0 radical (unpaired) electrons. The first-order chi connectivity index (χ1) is 9.56. The van der Waals surface area contributed by atoms with Gasteiger partial charge < -0.3 is 15.1 Å². The molecule has 0 aromatic carbocycles. The summed E-state index contributed by atoms with van der Waals surface area (Å²) in [4.78, 5) is 27.9. The highest BCUT2D eigenvalue weighted by molar-refractivity contribution is 5.87. The van der Waals surface area contributed by atoms with Gasteiger partial charge >= 0.3 is 6.03 Å². The van der Waals surface area contributed by atoms with Crippen molar-refractivity contribution in [3.8, 4) is 0 Å². The van der Waals surface area contributed by atoms with Crippen LogP contribution in [-0.2, 0) is 11.3 Å². The van der Waals surface area contributed by atoms with E-state index in [4.69, 9.17) is 0 Å². The quantitative estimate of drug-likeness (QED) is 0.726. The van der Waals surface area contributed by atoms with E-state index >= 15 is 0 Å². The van der Waals surface area contributed by atoms with Gasteiger partial charge in [-0.15, -0.1) is 5.10 Å². The number of urea groups is 1. The van der Waals surface area contributed by atoms with Gasteiger partial charge in [0, 0.05) is 40.3 Å². The average molecular weight is 281 g/mol. The summed E-state index contributed by atoms with van der Waals surface area (Å²) in [7, 11) is 3.27. The molecule has 9 heteroatoms. The van der Waals surface area contributed by atoms with Crippen LogP contribution in [0.2, 0.25) is 0 Å². The second-order valence-electron chi connectivity index (χ2n) is 4.72. The fourth-order valence-corrected chi connectivity index (χ4v) is 1.79. The zero-order chi connectivity index (χ0) is 14.5. The first kappa shape index (κ1) is 14.3. The maximum atomic E-state index is 12.0.